The average Bonchev–Trinajstić information content (AvgIpc) is 2.61. The van der Waals surface area contributed by atoms with Gasteiger partial charge in [-0.05, 0) is 65.3 Å². The van der Waals surface area contributed by atoms with Gasteiger partial charge in [-0.3, -0.25) is 4.90 Å². The van der Waals surface area contributed by atoms with E-state index < -0.39 is 0 Å². The van der Waals surface area contributed by atoms with Gasteiger partial charge in [0.1, 0.15) is 0 Å². The Balaban J connectivity index is 2.81. The average molecular weight is 324 g/mol. The molecule has 0 amide bonds. The first-order valence-electron chi connectivity index (χ1n) is 10.6. The Hall–Kier alpha value is -0.0400. The van der Waals surface area contributed by atoms with Crippen molar-refractivity contribution in [2.75, 3.05) is 6.54 Å². The number of unbranched alkanes of at least 4 members (excludes halogenated alkanes) is 5. The summed E-state index contributed by atoms with van der Waals surface area (Å²) in [6.07, 6.45) is 16.7. The third kappa shape index (κ3) is 6.77. The van der Waals surface area contributed by atoms with Crippen LogP contribution in [0.3, 0.4) is 0 Å². The predicted molar refractivity (Wildman–Crippen MR) is 105 cm³/mol. The molecular weight excluding hydrogens is 278 g/mol. The lowest BCUT2D eigenvalue weighted by Crippen LogP contribution is -2.57. The van der Waals surface area contributed by atoms with E-state index in [2.05, 4.69) is 46.4 Å². The molecule has 2 unspecified atom stereocenters. The van der Waals surface area contributed by atoms with E-state index in [0.717, 1.165) is 5.92 Å². The van der Waals surface area contributed by atoms with Gasteiger partial charge in [0.15, 0.2) is 0 Å². The molecule has 1 saturated heterocycles. The molecule has 0 saturated carbocycles. The fraction of sp³-hybridized carbons (Fsp3) is 1.00. The highest BCUT2D eigenvalue weighted by atomic mass is 15.3. The molecular formula is C22H45N. The maximum Gasteiger partial charge on any atom is 0.0186 e. The van der Waals surface area contributed by atoms with Gasteiger partial charge < -0.3 is 0 Å². The molecule has 0 aromatic heterocycles. The van der Waals surface area contributed by atoms with Gasteiger partial charge in [-0.25, -0.2) is 0 Å². The highest BCUT2D eigenvalue weighted by Gasteiger charge is 2.41. The zero-order chi connectivity index (χ0) is 17.3. The molecule has 23 heavy (non-hydrogen) atoms. The second kappa shape index (κ2) is 10.1. The van der Waals surface area contributed by atoms with E-state index in [9.17, 15) is 0 Å². The van der Waals surface area contributed by atoms with Crippen molar-refractivity contribution >= 4 is 0 Å². The standard InChI is InChI=1S/C22H45N/c1-7-9-11-13-17-22(6,16-12-10-8-2)23-18-14-15-20(3)19-21(23,4)5/h20H,7-19H2,1-6H3. The van der Waals surface area contributed by atoms with Gasteiger partial charge in [0.05, 0.1) is 0 Å². The summed E-state index contributed by atoms with van der Waals surface area (Å²) in [6, 6.07) is 0. The maximum absolute atomic E-state index is 2.94. The fourth-order valence-electron chi connectivity index (χ4n) is 5.05. The number of rotatable bonds is 10. The van der Waals surface area contributed by atoms with Crippen molar-refractivity contribution in [1.82, 2.24) is 4.90 Å². The molecule has 0 aromatic rings. The molecule has 0 N–H and O–H groups in total. The van der Waals surface area contributed by atoms with Crippen LogP contribution in [0.5, 0.6) is 0 Å². The van der Waals surface area contributed by atoms with Crippen molar-refractivity contribution in [3.05, 3.63) is 0 Å². The molecule has 0 aliphatic carbocycles. The zero-order valence-corrected chi connectivity index (χ0v) is 17.2. The second-order valence-electron chi connectivity index (χ2n) is 9.18. The summed E-state index contributed by atoms with van der Waals surface area (Å²) in [5.41, 5.74) is 0.776. The van der Waals surface area contributed by atoms with E-state index in [1.165, 1.54) is 83.6 Å². The maximum atomic E-state index is 2.94. The Morgan fingerprint density at radius 1 is 0.957 bits per heavy atom. The van der Waals surface area contributed by atoms with E-state index >= 15 is 0 Å². The molecule has 1 aliphatic rings. The summed E-state index contributed by atoms with van der Waals surface area (Å²) < 4.78 is 0. The molecule has 138 valence electrons. The van der Waals surface area contributed by atoms with Crippen LogP contribution in [0.1, 0.15) is 119 Å². The third-order valence-corrected chi connectivity index (χ3v) is 6.20. The molecule has 1 nitrogen and oxygen atoms in total. The summed E-state index contributed by atoms with van der Waals surface area (Å²) >= 11 is 0. The minimum Gasteiger partial charge on any atom is -0.293 e. The van der Waals surface area contributed by atoms with Crippen LogP contribution in [0.4, 0.5) is 0 Å². The van der Waals surface area contributed by atoms with Gasteiger partial charge in [-0.1, -0.05) is 65.7 Å². The highest BCUT2D eigenvalue weighted by Crippen LogP contribution is 2.40. The van der Waals surface area contributed by atoms with Crippen LogP contribution < -0.4 is 0 Å². The summed E-state index contributed by atoms with van der Waals surface area (Å²) in [6.45, 7) is 16.0. The molecule has 0 aromatic carbocycles. The van der Waals surface area contributed by atoms with Crippen molar-refractivity contribution < 1.29 is 0 Å². The summed E-state index contributed by atoms with van der Waals surface area (Å²) in [5.74, 6) is 0.884. The van der Waals surface area contributed by atoms with E-state index in [-0.39, 0.29) is 0 Å². The SMILES string of the molecule is CCCCCCC(C)(CCCCC)N1CCCC(C)CC1(C)C. The molecule has 1 aliphatic heterocycles. The van der Waals surface area contributed by atoms with Crippen molar-refractivity contribution in [2.45, 2.75) is 130 Å². The highest BCUT2D eigenvalue weighted by molar-refractivity contribution is 4.97. The first kappa shape index (κ1) is 21.0. The third-order valence-electron chi connectivity index (χ3n) is 6.20. The Labute approximate surface area is 147 Å². The van der Waals surface area contributed by atoms with Crippen molar-refractivity contribution in [1.29, 1.82) is 0 Å². The summed E-state index contributed by atoms with van der Waals surface area (Å²) in [4.78, 5) is 2.94. The van der Waals surface area contributed by atoms with Gasteiger partial charge in [0.25, 0.3) is 0 Å². The molecule has 1 heterocycles. The van der Waals surface area contributed by atoms with Crippen LogP contribution in [0, 0.1) is 5.92 Å². The first-order valence-corrected chi connectivity index (χ1v) is 10.6. The molecule has 1 rings (SSSR count). The fourth-order valence-corrected chi connectivity index (χ4v) is 5.05. The number of nitrogens with zero attached hydrogens (tertiary/aromatic N) is 1. The van der Waals surface area contributed by atoms with Crippen LogP contribution in [0.25, 0.3) is 0 Å². The molecule has 0 bridgehead atoms. The smallest absolute Gasteiger partial charge is 0.0186 e. The number of hydrogen-bond donors (Lipinski definition) is 0. The Kier molecular flexibility index (Phi) is 9.19. The Morgan fingerprint density at radius 3 is 2.13 bits per heavy atom. The van der Waals surface area contributed by atoms with Crippen molar-refractivity contribution in [2.24, 2.45) is 5.92 Å². The minimum absolute atomic E-state index is 0.363. The van der Waals surface area contributed by atoms with Crippen LogP contribution in [-0.2, 0) is 0 Å². The molecule has 2 atom stereocenters. The van der Waals surface area contributed by atoms with E-state index in [0.29, 0.717) is 11.1 Å². The lowest BCUT2D eigenvalue weighted by Gasteiger charge is -2.51. The predicted octanol–water partition coefficient (Wildman–Crippen LogP) is 7.20. The zero-order valence-electron chi connectivity index (χ0n) is 17.2. The first-order chi connectivity index (χ1) is 10.9. The molecule has 0 radical (unpaired) electrons. The molecule has 1 heteroatoms. The Bertz CT molecular complexity index is 309. The summed E-state index contributed by atoms with van der Waals surface area (Å²) in [5, 5.41) is 0. The largest absolute Gasteiger partial charge is 0.293 e. The minimum atomic E-state index is 0.363. The van der Waals surface area contributed by atoms with E-state index in [4.69, 9.17) is 0 Å². The molecule has 1 fully saturated rings. The molecule has 0 spiro atoms. The lowest BCUT2D eigenvalue weighted by atomic mass is 9.81. The quantitative estimate of drug-likeness (QED) is 0.384. The van der Waals surface area contributed by atoms with Gasteiger partial charge >= 0.3 is 0 Å². The number of hydrogen-bond acceptors (Lipinski definition) is 1. The second-order valence-corrected chi connectivity index (χ2v) is 9.18. The van der Waals surface area contributed by atoms with Crippen LogP contribution in [0.2, 0.25) is 0 Å². The van der Waals surface area contributed by atoms with Gasteiger partial charge in [-0.2, -0.15) is 0 Å². The van der Waals surface area contributed by atoms with Gasteiger partial charge in [0, 0.05) is 11.1 Å². The van der Waals surface area contributed by atoms with E-state index in [1.54, 1.807) is 0 Å². The van der Waals surface area contributed by atoms with Crippen molar-refractivity contribution in [3.8, 4) is 0 Å². The van der Waals surface area contributed by atoms with E-state index in [1.807, 2.05) is 0 Å². The lowest BCUT2D eigenvalue weighted by molar-refractivity contribution is -0.00922. The topological polar surface area (TPSA) is 3.24 Å². The van der Waals surface area contributed by atoms with Crippen LogP contribution in [-0.4, -0.2) is 22.5 Å². The van der Waals surface area contributed by atoms with Crippen molar-refractivity contribution in [3.63, 3.8) is 0 Å². The van der Waals surface area contributed by atoms with Gasteiger partial charge in [-0.15, -0.1) is 0 Å². The normalized spacial score (nSPS) is 25.0. The Morgan fingerprint density at radius 2 is 1.52 bits per heavy atom. The summed E-state index contributed by atoms with van der Waals surface area (Å²) in [7, 11) is 0. The van der Waals surface area contributed by atoms with Crippen LogP contribution in [0.15, 0.2) is 0 Å². The van der Waals surface area contributed by atoms with Gasteiger partial charge in [0.2, 0.25) is 0 Å². The monoisotopic (exact) mass is 323 g/mol. The number of likely N-dealkylation sites (tertiary alicyclic amines) is 1. The van der Waals surface area contributed by atoms with Crippen LogP contribution >= 0.6 is 0 Å².